The fourth-order valence-corrected chi connectivity index (χ4v) is 4.04. The van der Waals surface area contributed by atoms with Crippen molar-refractivity contribution in [2.75, 3.05) is 31.9 Å². The van der Waals surface area contributed by atoms with Crippen molar-refractivity contribution in [1.82, 2.24) is 14.9 Å². The van der Waals surface area contributed by atoms with Crippen LogP contribution in [0.15, 0.2) is 17.0 Å². The molecule has 1 aromatic carbocycles. The number of nitrogen functional groups attached to an aromatic ring is 1. The van der Waals surface area contributed by atoms with Gasteiger partial charge in [-0.3, -0.25) is 4.79 Å². The number of hydrogen-bond donors (Lipinski definition) is 4. The second kappa shape index (κ2) is 7.38. The number of aromatic carboxylic acids is 1. The number of hydrogen-bond acceptors (Lipinski definition) is 6. The number of piperazine rings is 1. The maximum Gasteiger partial charge on any atom is 0.337 e. The van der Waals surface area contributed by atoms with Crippen molar-refractivity contribution in [2.24, 2.45) is 0 Å². The molecule has 1 aromatic rings. The number of nitrogens with zero attached hydrogens (tertiary/aromatic N) is 1. The predicted molar refractivity (Wildman–Crippen MR) is 92.0 cm³/mol. The van der Waals surface area contributed by atoms with Gasteiger partial charge in [-0.2, -0.15) is 0 Å². The molecule has 0 unspecified atom stereocenters. The molecule has 1 fully saturated rings. The minimum atomic E-state index is -4.08. The van der Waals surface area contributed by atoms with E-state index in [1.807, 2.05) is 0 Å². The van der Waals surface area contributed by atoms with Gasteiger partial charge in [-0.15, -0.1) is 0 Å². The largest absolute Gasteiger partial charge is 0.478 e. The van der Waals surface area contributed by atoms with E-state index in [1.54, 1.807) is 13.8 Å². The average Bonchev–Trinajstić information content (AvgIpc) is 2.53. The molecule has 138 valence electrons. The molecule has 0 atom stereocenters. The first-order valence-electron chi connectivity index (χ1n) is 7.82. The summed E-state index contributed by atoms with van der Waals surface area (Å²) in [6.07, 6.45) is 0. The summed E-state index contributed by atoms with van der Waals surface area (Å²) in [6, 6.07) is 1.65. The standard InChI is InChI=1S/C15H22N4O5S/c1-9(2)18-25(23,24)13-8-10(15(21)22)12(16)7-11(13)14(20)19-5-3-17-4-6-19/h7-9,17-18H,3-6,16H2,1-2H3,(H,21,22). The molecule has 0 aliphatic carbocycles. The van der Waals surface area contributed by atoms with E-state index in [0.717, 1.165) is 12.1 Å². The third kappa shape index (κ3) is 4.27. The van der Waals surface area contributed by atoms with Crippen LogP contribution in [0.5, 0.6) is 0 Å². The van der Waals surface area contributed by atoms with Crippen LogP contribution in [-0.2, 0) is 10.0 Å². The molecule has 5 N–H and O–H groups in total. The Morgan fingerprint density at radius 1 is 1.24 bits per heavy atom. The Morgan fingerprint density at radius 3 is 2.36 bits per heavy atom. The number of amides is 1. The molecule has 10 heteroatoms. The topological polar surface area (TPSA) is 142 Å². The number of benzene rings is 1. The molecule has 9 nitrogen and oxygen atoms in total. The normalized spacial score (nSPS) is 15.4. The van der Waals surface area contributed by atoms with Crippen LogP contribution in [0.4, 0.5) is 5.69 Å². The van der Waals surface area contributed by atoms with Crippen LogP contribution >= 0.6 is 0 Å². The molecule has 0 bridgehead atoms. The number of carbonyl (C=O) groups is 2. The van der Waals surface area contributed by atoms with Crippen LogP contribution in [-0.4, -0.2) is 62.5 Å². The van der Waals surface area contributed by atoms with E-state index >= 15 is 0 Å². The maximum atomic E-state index is 12.8. The van der Waals surface area contributed by atoms with E-state index in [2.05, 4.69) is 10.0 Å². The Kier molecular flexibility index (Phi) is 5.65. The van der Waals surface area contributed by atoms with Crippen molar-refractivity contribution in [2.45, 2.75) is 24.8 Å². The summed E-state index contributed by atoms with van der Waals surface area (Å²) >= 11 is 0. The molecule has 0 spiro atoms. The smallest absolute Gasteiger partial charge is 0.337 e. The quantitative estimate of drug-likeness (QED) is 0.521. The summed E-state index contributed by atoms with van der Waals surface area (Å²) in [6.45, 7) is 5.31. The van der Waals surface area contributed by atoms with Crippen molar-refractivity contribution >= 4 is 27.6 Å². The van der Waals surface area contributed by atoms with Crippen LogP contribution in [0.1, 0.15) is 34.6 Å². The Bertz CT molecular complexity index is 785. The first-order valence-corrected chi connectivity index (χ1v) is 9.31. The number of anilines is 1. The van der Waals surface area contributed by atoms with Gasteiger partial charge in [0.2, 0.25) is 10.0 Å². The van der Waals surface area contributed by atoms with Crippen LogP contribution < -0.4 is 15.8 Å². The van der Waals surface area contributed by atoms with Gasteiger partial charge < -0.3 is 21.1 Å². The second-order valence-electron chi connectivity index (χ2n) is 6.06. The van der Waals surface area contributed by atoms with Crippen molar-refractivity contribution in [3.8, 4) is 0 Å². The number of carbonyl (C=O) groups excluding carboxylic acids is 1. The lowest BCUT2D eigenvalue weighted by Gasteiger charge is -2.28. The van der Waals surface area contributed by atoms with Gasteiger partial charge in [-0.25, -0.2) is 17.9 Å². The number of nitrogens with two attached hydrogens (primary N) is 1. The van der Waals surface area contributed by atoms with Gasteiger partial charge in [-0.1, -0.05) is 0 Å². The van der Waals surface area contributed by atoms with Gasteiger partial charge in [0.1, 0.15) is 0 Å². The van der Waals surface area contributed by atoms with Crippen LogP contribution in [0.3, 0.4) is 0 Å². The van der Waals surface area contributed by atoms with Gasteiger partial charge in [0, 0.05) is 37.9 Å². The lowest BCUT2D eigenvalue weighted by Crippen LogP contribution is -2.47. The number of carboxylic acid groups (broad SMARTS) is 1. The highest BCUT2D eigenvalue weighted by Gasteiger charge is 2.29. The zero-order valence-electron chi connectivity index (χ0n) is 14.1. The molecule has 0 saturated carbocycles. The maximum absolute atomic E-state index is 12.8. The summed E-state index contributed by atoms with van der Waals surface area (Å²) in [7, 11) is -4.08. The Hall–Kier alpha value is -2.17. The minimum absolute atomic E-state index is 0.127. The Labute approximate surface area is 146 Å². The van der Waals surface area contributed by atoms with Crippen molar-refractivity contribution in [1.29, 1.82) is 0 Å². The van der Waals surface area contributed by atoms with E-state index in [9.17, 15) is 23.1 Å². The molecule has 1 amide bonds. The summed E-state index contributed by atoms with van der Waals surface area (Å²) in [5.41, 5.74) is 5.08. The SMILES string of the molecule is CC(C)NS(=O)(=O)c1cc(C(=O)O)c(N)cc1C(=O)N1CCNCC1. The first kappa shape index (κ1) is 19.2. The average molecular weight is 370 g/mol. The molecule has 2 rings (SSSR count). The van der Waals surface area contributed by atoms with E-state index in [4.69, 9.17) is 5.73 Å². The van der Waals surface area contributed by atoms with Crippen LogP contribution in [0, 0.1) is 0 Å². The van der Waals surface area contributed by atoms with Gasteiger partial charge in [0.25, 0.3) is 5.91 Å². The summed E-state index contributed by atoms with van der Waals surface area (Å²) < 4.78 is 27.6. The number of carboxylic acids is 1. The lowest BCUT2D eigenvalue weighted by atomic mass is 10.1. The fourth-order valence-electron chi connectivity index (χ4n) is 2.58. The van der Waals surface area contributed by atoms with Gasteiger partial charge >= 0.3 is 5.97 Å². The van der Waals surface area contributed by atoms with E-state index < -0.39 is 27.9 Å². The molecular formula is C15H22N4O5S. The van der Waals surface area contributed by atoms with Crippen molar-refractivity contribution < 1.29 is 23.1 Å². The van der Waals surface area contributed by atoms with E-state index in [1.165, 1.54) is 4.90 Å². The highest BCUT2D eigenvalue weighted by molar-refractivity contribution is 7.89. The van der Waals surface area contributed by atoms with E-state index in [-0.39, 0.29) is 21.7 Å². The summed E-state index contributed by atoms with van der Waals surface area (Å²) in [5, 5.41) is 12.3. The van der Waals surface area contributed by atoms with Crippen molar-refractivity contribution in [3.63, 3.8) is 0 Å². The van der Waals surface area contributed by atoms with E-state index in [0.29, 0.717) is 26.2 Å². The zero-order chi connectivity index (χ0) is 18.8. The fraction of sp³-hybridized carbons (Fsp3) is 0.467. The number of rotatable bonds is 5. The van der Waals surface area contributed by atoms with Crippen LogP contribution in [0.2, 0.25) is 0 Å². The molecule has 1 aliphatic heterocycles. The second-order valence-corrected chi connectivity index (χ2v) is 7.74. The highest BCUT2D eigenvalue weighted by atomic mass is 32.2. The molecule has 0 radical (unpaired) electrons. The number of sulfonamides is 1. The molecule has 25 heavy (non-hydrogen) atoms. The first-order chi connectivity index (χ1) is 11.6. The van der Waals surface area contributed by atoms with Gasteiger partial charge in [-0.05, 0) is 26.0 Å². The van der Waals surface area contributed by atoms with Gasteiger partial charge in [0.15, 0.2) is 0 Å². The predicted octanol–water partition coefficient (Wildman–Crippen LogP) is -0.301. The monoisotopic (exact) mass is 370 g/mol. The third-order valence-electron chi connectivity index (χ3n) is 3.70. The molecule has 1 aliphatic rings. The molecular weight excluding hydrogens is 348 g/mol. The highest BCUT2D eigenvalue weighted by Crippen LogP contribution is 2.25. The Balaban J connectivity index is 2.59. The summed E-state index contributed by atoms with van der Waals surface area (Å²) in [5.74, 6) is -1.85. The van der Waals surface area contributed by atoms with Crippen molar-refractivity contribution in [3.05, 3.63) is 23.3 Å². The Morgan fingerprint density at radius 2 is 1.84 bits per heavy atom. The molecule has 1 saturated heterocycles. The zero-order valence-corrected chi connectivity index (χ0v) is 14.9. The summed E-state index contributed by atoms with van der Waals surface area (Å²) in [4.78, 5) is 25.2. The number of nitrogens with one attached hydrogen (secondary N) is 2. The minimum Gasteiger partial charge on any atom is -0.478 e. The molecule has 0 aromatic heterocycles. The van der Waals surface area contributed by atoms with Crippen LogP contribution in [0.25, 0.3) is 0 Å². The van der Waals surface area contributed by atoms with Gasteiger partial charge in [0.05, 0.1) is 16.0 Å². The molecule has 1 heterocycles. The third-order valence-corrected chi connectivity index (χ3v) is 5.40. The lowest BCUT2D eigenvalue weighted by molar-refractivity contribution is 0.0692.